The van der Waals surface area contributed by atoms with E-state index in [1.54, 1.807) is 0 Å². The Balaban J connectivity index is 0.00000196. The van der Waals surface area contributed by atoms with Crippen LogP contribution in [0.1, 0.15) is 39.8 Å². The number of hydrogen-bond donors (Lipinski definition) is 0. The first-order valence-corrected chi connectivity index (χ1v) is 9.34. The van der Waals surface area contributed by atoms with Crippen molar-refractivity contribution in [2.24, 2.45) is 0 Å². The number of rotatable bonds is 4. The average molecular weight is 415 g/mol. The molecule has 4 rings (SSSR count). The van der Waals surface area contributed by atoms with Crippen molar-refractivity contribution in [1.29, 1.82) is 0 Å². The minimum absolute atomic E-state index is 0. The minimum atomic E-state index is 0. The monoisotopic (exact) mass is 415 g/mol. The van der Waals surface area contributed by atoms with E-state index < -0.39 is 0 Å². The molecule has 0 N–H and O–H groups in total. The first kappa shape index (κ1) is 19.5. The maximum atomic E-state index is 2.40. The van der Waals surface area contributed by atoms with E-state index in [0.29, 0.717) is 0 Å². The molecule has 0 aliphatic rings. The first-order valence-electron chi connectivity index (χ1n) is 9.34. The molecule has 0 aliphatic carbocycles. The second kappa shape index (κ2) is 7.79. The molecule has 0 atom stereocenters. The largest absolute Gasteiger partial charge is 0.165 e. The summed E-state index contributed by atoms with van der Waals surface area (Å²) < 4.78 is 0. The molecule has 0 unspecified atom stereocenters. The fourth-order valence-corrected chi connectivity index (χ4v) is 4.09. The zero-order chi connectivity index (χ0) is 17.6. The maximum absolute atomic E-state index is 2.40. The Morgan fingerprint density at radius 2 is 1.00 bits per heavy atom. The maximum Gasteiger partial charge on any atom is 0 e. The SMILES string of the molecule is Cc1ccc(C)c2[cH-]c(CCCc3cc4c(C)ccc(C)c4[cH-]3)cc12.[Y]. The third-order valence-corrected chi connectivity index (χ3v) is 5.70. The number of fused-ring (bicyclic) bond motifs is 2. The smallest absolute Gasteiger partial charge is 0 e. The van der Waals surface area contributed by atoms with Gasteiger partial charge in [-0.3, -0.25) is 0 Å². The molecular weight excluding hydrogens is 389 g/mol. The van der Waals surface area contributed by atoms with Crippen LogP contribution < -0.4 is 0 Å². The summed E-state index contributed by atoms with van der Waals surface area (Å²) in [6.07, 6.45) is 3.53. The van der Waals surface area contributed by atoms with E-state index in [0.717, 1.165) is 12.8 Å². The Bertz CT molecular complexity index is 895. The Hall–Kier alpha value is -1.24. The van der Waals surface area contributed by atoms with Crippen LogP contribution >= 0.6 is 0 Å². The molecule has 0 nitrogen and oxygen atoms in total. The van der Waals surface area contributed by atoms with Gasteiger partial charge in [0.15, 0.2) is 0 Å². The summed E-state index contributed by atoms with van der Waals surface area (Å²) in [6.45, 7) is 8.86. The summed E-state index contributed by atoms with van der Waals surface area (Å²) in [4.78, 5) is 0. The van der Waals surface area contributed by atoms with E-state index in [9.17, 15) is 0 Å². The summed E-state index contributed by atoms with van der Waals surface area (Å²) in [6, 6.07) is 18.5. The predicted octanol–water partition coefficient (Wildman–Crippen LogP) is 6.84. The van der Waals surface area contributed by atoms with Gasteiger partial charge in [0.25, 0.3) is 0 Å². The van der Waals surface area contributed by atoms with Gasteiger partial charge in [0, 0.05) is 32.7 Å². The molecule has 0 bridgehead atoms. The standard InChI is InChI=1S/C25H26.Y/c1-16-8-9-17(2)23-13-20(12-22(16)23)6-5-7-21-14-24-18(3)10-11-19(4)25(24)15-21;/h8-15H,5-7H2,1-4H3;/q-2;. The van der Waals surface area contributed by atoms with Gasteiger partial charge < -0.3 is 0 Å². The van der Waals surface area contributed by atoms with Crippen LogP contribution in [0.15, 0.2) is 48.5 Å². The molecule has 1 radical (unpaired) electrons. The number of aryl methyl sites for hydroxylation is 6. The molecule has 26 heavy (non-hydrogen) atoms. The summed E-state index contributed by atoms with van der Waals surface area (Å²) >= 11 is 0. The summed E-state index contributed by atoms with van der Waals surface area (Å²) in [5.41, 5.74) is 8.52. The van der Waals surface area contributed by atoms with Crippen LogP contribution in [0.25, 0.3) is 21.5 Å². The Morgan fingerprint density at radius 3 is 1.38 bits per heavy atom. The van der Waals surface area contributed by atoms with Gasteiger partial charge in [0.2, 0.25) is 0 Å². The fourth-order valence-electron chi connectivity index (χ4n) is 4.09. The van der Waals surface area contributed by atoms with Crippen molar-refractivity contribution < 1.29 is 32.7 Å². The quantitative estimate of drug-likeness (QED) is 0.320. The van der Waals surface area contributed by atoms with E-state index in [-0.39, 0.29) is 32.7 Å². The summed E-state index contributed by atoms with van der Waals surface area (Å²) in [7, 11) is 0. The number of hydrogen-bond acceptors (Lipinski definition) is 0. The molecule has 131 valence electrons. The van der Waals surface area contributed by atoms with Crippen molar-refractivity contribution in [3.8, 4) is 0 Å². The third kappa shape index (κ3) is 3.60. The molecule has 0 saturated heterocycles. The summed E-state index contributed by atoms with van der Waals surface area (Å²) in [5, 5.41) is 5.72. The van der Waals surface area contributed by atoms with Crippen LogP contribution in [-0.2, 0) is 45.6 Å². The van der Waals surface area contributed by atoms with Gasteiger partial charge in [0.05, 0.1) is 0 Å². The topological polar surface area (TPSA) is 0 Å². The van der Waals surface area contributed by atoms with Gasteiger partial charge in [-0.1, -0.05) is 37.1 Å². The second-order valence-corrected chi connectivity index (χ2v) is 7.63. The Kier molecular flexibility index (Phi) is 5.85. The minimum Gasteiger partial charge on any atom is -0.165 e. The molecule has 1 heteroatoms. The van der Waals surface area contributed by atoms with Crippen LogP contribution in [0.3, 0.4) is 0 Å². The van der Waals surface area contributed by atoms with Gasteiger partial charge in [0.1, 0.15) is 0 Å². The molecule has 0 saturated carbocycles. The predicted molar refractivity (Wildman–Crippen MR) is 110 cm³/mol. The molecule has 0 amide bonds. The molecule has 0 aromatic heterocycles. The van der Waals surface area contributed by atoms with Gasteiger partial charge in [-0.25, -0.2) is 0 Å². The van der Waals surface area contributed by atoms with Crippen LogP contribution in [0, 0.1) is 27.7 Å². The molecule has 4 aromatic rings. The normalized spacial score (nSPS) is 11.2. The van der Waals surface area contributed by atoms with Crippen LogP contribution in [-0.4, -0.2) is 0 Å². The van der Waals surface area contributed by atoms with E-state index in [1.807, 2.05) is 0 Å². The zero-order valence-electron chi connectivity index (χ0n) is 16.3. The van der Waals surface area contributed by atoms with Crippen molar-refractivity contribution in [2.75, 3.05) is 0 Å². The van der Waals surface area contributed by atoms with Crippen LogP contribution in [0.4, 0.5) is 0 Å². The first-order chi connectivity index (χ1) is 12.0. The zero-order valence-corrected chi connectivity index (χ0v) is 19.2. The van der Waals surface area contributed by atoms with E-state index in [1.165, 1.54) is 61.3 Å². The van der Waals surface area contributed by atoms with Gasteiger partial charge in [-0.15, -0.1) is 68.1 Å². The van der Waals surface area contributed by atoms with E-state index in [4.69, 9.17) is 0 Å². The molecule has 4 aromatic carbocycles. The molecule has 0 aliphatic heterocycles. The van der Waals surface area contributed by atoms with E-state index in [2.05, 4.69) is 76.2 Å². The fraction of sp³-hybridized carbons (Fsp3) is 0.280. The Labute approximate surface area is 182 Å². The van der Waals surface area contributed by atoms with Crippen LogP contribution in [0.5, 0.6) is 0 Å². The second-order valence-electron chi connectivity index (χ2n) is 7.63. The van der Waals surface area contributed by atoms with Crippen molar-refractivity contribution in [3.63, 3.8) is 0 Å². The van der Waals surface area contributed by atoms with Crippen molar-refractivity contribution >= 4 is 21.5 Å². The Morgan fingerprint density at radius 1 is 0.615 bits per heavy atom. The van der Waals surface area contributed by atoms with Crippen molar-refractivity contribution in [1.82, 2.24) is 0 Å². The molecule has 0 heterocycles. The van der Waals surface area contributed by atoms with Crippen molar-refractivity contribution in [2.45, 2.75) is 47.0 Å². The van der Waals surface area contributed by atoms with Gasteiger partial charge in [-0.2, -0.15) is 12.1 Å². The molecule has 0 spiro atoms. The van der Waals surface area contributed by atoms with Gasteiger partial charge >= 0.3 is 0 Å². The van der Waals surface area contributed by atoms with E-state index >= 15 is 0 Å². The molecular formula is C25H26Y-2. The van der Waals surface area contributed by atoms with Crippen molar-refractivity contribution in [3.05, 3.63) is 81.9 Å². The number of benzene rings is 2. The molecule has 0 fully saturated rings. The summed E-state index contributed by atoms with van der Waals surface area (Å²) in [5.74, 6) is 0. The third-order valence-electron chi connectivity index (χ3n) is 5.70. The van der Waals surface area contributed by atoms with Gasteiger partial charge in [-0.05, 0) is 33.1 Å². The average Bonchev–Trinajstić information content (AvgIpc) is 3.21. The van der Waals surface area contributed by atoms with Crippen LogP contribution in [0.2, 0.25) is 0 Å².